The van der Waals surface area contributed by atoms with Gasteiger partial charge in [0.25, 0.3) is 0 Å². The van der Waals surface area contributed by atoms with E-state index in [9.17, 15) is 0 Å². The first-order valence-electron chi connectivity index (χ1n) is 9.98. The zero-order valence-electron chi connectivity index (χ0n) is 20.0. The van der Waals surface area contributed by atoms with Gasteiger partial charge in [0.2, 0.25) is 0 Å². The Morgan fingerprint density at radius 3 is 1.41 bits per heavy atom. The molecule has 0 aliphatic rings. The molecule has 27 heavy (non-hydrogen) atoms. The van der Waals surface area contributed by atoms with Crippen molar-refractivity contribution >= 4 is 80.3 Å². The molecule has 2 rings (SSSR count). The number of hydrogen-bond acceptors (Lipinski definition) is 0. The molecule has 2 aromatic carbocycles. The van der Waals surface area contributed by atoms with Crippen molar-refractivity contribution in [2.24, 2.45) is 0 Å². The Bertz CT molecular complexity index is 579. The van der Waals surface area contributed by atoms with Crippen LogP contribution >= 0.6 is 0 Å². The second-order valence-corrected chi connectivity index (χ2v) is 32.1. The van der Waals surface area contributed by atoms with E-state index in [1.54, 1.807) is 20.7 Å². The van der Waals surface area contributed by atoms with E-state index in [4.69, 9.17) is 0 Å². The quantitative estimate of drug-likeness (QED) is 0.344. The van der Waals surface area contributed by atoms with Gasteiger partial charge < -0.3 is 0 Å². The SMILES string of the molecule is C[Si](C)(C)c1c[cH-]c([Si](C)(C)C)c1.C[Si](C)(C)c1cc[c-]([Si](C)(C)C)c1.[Pb+2]. The van der Waals surface area contributed by atoms with Gasteiger partial charge in [-0.3, -0.25) is 0 Å². The van der Waals surface area contributed by atoms with E-state index in [1.165, 1.54) is 0 Å². The van der Waals surface area contributed by atoms with E-state index in [-0.39, 0.29) is 27.3 Å². The van der Waals surface area contributed by atoms with Crippen molar-refractivity contribution in [1.29, 1.82) is 0 Å². The molecule has 2 aromatic rings. The topological polar surface area (TPSA) is 0 Å². The summed E-state index contributed by atoms with van der Waals surface area (Å²) in [4.78, 5) is 0. The largest absolute Gasteiger partial charge is 2.00 e. The van der Waals surface area contributed by atoms with Crippen molar-refractivity contribution in [1.82, 2.24) is 0 Å². The standard InChI is InChI=1S/2C11H21Si2.Pb/c2*1-12(2,3)10-7-8-11(9-10)13(4,5)6;/h2*7-9H,1-6H3;/q2*-1;+2. The molecule has 0 fully saturated rings. The maximum absolute atomic E-state index is 2.46. The summed E-state index contributed by atoms with van der Waals surface area (Å²) in [6.45, 7) is 29.0. The van der Waals surface area contributed by atoms with Gasteiger partial charge >= 0.3 is 27.3 Å². The third kappa shape index (κ3) is 8.80. The molecule has 0 amide bonds. The molecule has 0 nitrogen and oxygen atoms in total. The molecule has 0 saturated heterocycles. The number of hydrogen-bond donors (Lipinski definition) is 0. The molecule has 2 radical (unpaired) electrons. The van der Waals surface area contributed by atoms with Crippen molar-refractivity contribution in [2.75, 3.05) is 0 Å². The van der Waals surface area contributed by atoms with Gasteiger partial charge in [-0.15, -0.1) is 0 Å². The normalized spacial score (nSPS) is 12.9. The minimum atomic E-state index is -1.07. The molecule has 0 bridgehead atoms. The summed E-state index contributed by atoms with van der Waals surface area (Å²) in [5, 5.41) is 6.46. The van der Waals surface area contributed by atoms with E-state index in [2.05, 4.69) is 115 Å². The molecular formula is C22H42PbSi4. The van der Waals surface area contributed by atoms with E-state index < -0.39 is 32.3 Å². The fourth-order valence-corrected chi connectivity index (χ4v) is 7.73. The van der Waals surface area contributed by atoms with Crippen LogP contribution in [0.4, 0.5) is 0 Å². The van der Waals surface area contributed by atoms with Crippen LogP contribution in [-0.2, 0) is 0 Å². The first-order chi connectivity index (χ1) is 11.4. The third-order valence-electron chi connectivity index (χ3n) is 4.97. The van der Waals surface area contributed by atoms with Gasteiger partial charge in [0, 0.05) is 24.2 Å². The second kappa shape index (κ2) is 9.53. The van der Waals surface area contributed by atoms with Crippen LogP contribution in [0.25, 0.3) is 0 Å². The van der Waals surface area contributed by atoms with Crippen molar-refractivity contribution in [3.05, 3.63) is 36.4 Å². The summed E-state index contributed by atoms with van der Waals surface area (Å²) in [7, 11) is -4.28. The van der Waals surface area contributed by atoms with Crippen molar-refractivity contribution in [3.63, 3.8) is 0 Å². The van der Waals surface area contributed by atoms with Gasteiger partial charge in [-0.1, -0.05) is 78.6 Å². The molecule has 150 valence electrons. The Kier molecular flexibility index (Phi) is 9.71. The van der Waals surface area contributed by atoms with Crippen LogP contribution in [0.1, 0.15) is 0 Å². The van der Waals surface area contributed by atoms with Gasteiger partial charge in [-0.25, -0.2) is 22.5 Å². The summed E-state index contributed by atoms with van der Waals surface area (Å²) in [5.74, 6) is 0. The molecule has 0 heterocycles. The maximum Gasteiger partial charge on any atom is 2.00 e. The van der Waals surface area contributed by atoms with E-state index in [1.807, 2.05) is 0 Å². The Morgan fingerprint density at radius 2 is 1.19 bits per heavy atom. The van der Waals surface area contributed by atoms with Crippen LogP contribution in [0.3, 0.4) is 0 Å². The Balaban J connectivity index is 0.000000483. The second-order valence-electron chi connectivity index (χ2n) is 11.8. The van der Waals surface area contributed by atoms with Crippen molar-refractivity contribution in [2.45, 2.75) is 78.6 Å². The smallest absolute Gasteiger partial charge is 0.213 e. The molecule has 0 unspecified atom stereocenters. The molecule has 5 heteroatoms. The van der Waals surface area contributed by atoms with Crippen molar-refractivity contribution < 1.29 is 0 Å². The summed E-state index contributed by atoms with van der Waals surface area (Å²) < 4.78 is 0. The average Bonchev–Trinajstić information content (AvgIpc) is 3.06. The first-order valence-corrected chi connectivity index (χ1v) is 24.0. The monoisotopic (exact) mass is 626 g/mol. The molecule has 0 N–H and O–H groups in total. The van der Waals surface area contributed by atoms with Crippen LogP contribution in [-0.4, -0.2) is 59.6 Å². The number of rotatable bonds is 4. The summed E-state index contributed by atoms with van der Waals surface area (Å²) >= 11 is 0. The molecule has 0 aliphatic heterocycles. The van der Waals surface area contributed by atoms with Crippen LogP contribution < -0.4 is 20.7 Å². The third-order valence-corrected chi connectivity index (χ3v) is 13.1. The van der Waals surface area contributed by atoms with Gasteiger partial charge in [0.15, 0.2) is 0 Å². The molecule has 0 atom stereocenters. The van der Waals surface area contributed by atoms with Crippen LogP contribution in [0, 0.1) is 0 Å². The zero-order valence-corrected chi connectivity index (χ0v) is 27.9. The minimum Gasteiger partial charge on any atom is -0.213 e. The Labute approximate surface area is 194 Å². The molecular weight excluding hydrogens is 584 g/mol. The van der Waals surface area contributed by atoms with Crippen LogP contribution in [0.2, 0.25) is 78.6 Å². The fraction of sp³-hybridized carbons (Fsp3) is 0.545. The molecule has 0 aromatic heterocycles. The predicted molar refractivity (Wildman–Crippen MR) is 142 cm³/mol. The zero-order chi connectivity index (χ0) is 20.6. The fourth-order valence-electron chi connectivity index (χ4n) is 2.75. The average molecular weight is 626 g/mol. The summed E-state index contributed by atoms with van der Waals surface area (Å²) in [5.41, 5.74) is 0. The Morgan fingerprint density at radius 1 is 0.704 bits per heavy atom. The maximum atomic E-state index is 2.46. The van der Waals surface area contributed by atoms with E-state index in [0.717, 1.165) is 0 Å². The Hall–Kier alpha value is 0.490. The van der Waals surface area contributed by atoms with Gasteiger partial charge in [-0.05, 0) is 0 Å². The van der Waals surface area contributed by atoms with E-state index >= 15 is 0 Å². The van der Waals surface area contributed by atoms with Crippen molar-refractivity contribution in [3.8, 4) is 0 Å². The summed E-state index contributed by atoms with van der Waals surface area (Å²) in [6, 6.07) is 14.3. The predicted octanol–water partition coefficient (Wildman–Crippen LogP) is 4.61. The van der Waals surface area contributed by atoms with Gasteiger partial charge in [0.1, 0.15) is 0 Å². The van der Waals surface area contributed by atoms with E-state index in [0.29, 0.717) is 0 Å². The first kappa shape index (κ1) is 27.5. The van der Waals surface area contributed by atoms with Crippen LogP contribution in [0.15, 0.2) is 36.4 Å². The summed E-state index contributed by atoms with van der Waals surface area (Å²) in [6.07, 6.45) is 0. The van der Waals surface area contributed by atoms with Gasteiger partial charge in [0.05, 0.1) is 8.07 Å². The molecule has 0 saturated carbocycles. The van der Waals surface area contributed by atoms with Gasteiger partial charge in [-0.2, -0.15) is 34.6 Å². The molecule has 0 spiro atoms. The van der Waals surface area contributed by atoms with Crippen LogP contribution in [0.5, 0.6) is 0 Å². The molecule has 0 aliphatic carbocycles. The minimum absolute atomic E-state index is 0.